The van der Waals surface area contributed by atoms with Crippen molar-refractivity contribution in [3.63, 3.8) is 0 Å². The molecule has 3 aromatic rings. The molecule has 1 saturated heterocycles. The highest BCUT2D eigenvalue weighted by Crippen LogP contribution is 2.35. The monoisotopic (exact) mass is 432 g/mol. The fourth-order valence-electron chi connectivity index (χ4n) is 3.79. The van der Waals surface area contributed by atoms with Crippen LogP contribution in [0.3, 0.4) is 0 Å². The van der Waals surface area contributed by atoms with Gasteiger partial charge < -0.3 is 24.6 Å². The van der Waals surface area contributed by atoms with Crippen molar-refractivity contribution in [3.05, 3.63) is 48.3 Å². The van der Waals surface area contributed by atoms with Gasteiger partial charge in [0.15, 0.2) is 11.5 Å². The highest BCUT2D eigenvalue weighted by Gasteiger charge is 2.15. The Kier molecular flexibility index (Phi) is 7.00. The van der Waals surface area contributed by atoms with Crippen LogP contribution in [0.1, 0.15) is 12.0 Å². The van der Waals surface area contributed by atoms with Crippen LogP contribution in [0.25, 0.3) is 10.9 Å². The van der Waals surface area contributed by atoms with Crippen molar-refractivity contribution in [1.82, 2.24) is 19.8 Å². The molecule has 0 atom stereocenters. The molecule has 1 fully saturated rings. The molecule has 0 aliphatic carbocycles. The van der Waals surface area contributed by atoms with E-state index in [9.17, 15) is 5.26 Å². The Morgan fingerprint density at radius 2 is 1.91 bits per heavy atom. The van der Waals surface area contributed by atoms with Crippen LogP contribution in [-0.2, 0) is 0 Å². The smallest absolute Gasteiger partial charge is 0.163 e. The maximum Gasteiger partial charge on any atom is 0.163 e. The van der Waals surface area contributed by atoms with E-state index < -0.39 is 0 Å². The van der Waals surface area contributed by atoms with E-state index in [0.717, 1.165) is 50.0 Å². The van der Waals surface area contributed by atoms with Gasteiger partial charge in [-0.05, 0) is 31.7 Å². The Balaban J connectivity index is 1.47. The molecule has 8 nitrogen and oxygen atoms in total. The molecule has 0 spiro atoms. The Morgan fingerprint density at radius 1 is 1.09 bits per heavy atom. The van der Waals surface area contributed by atoms with Gasteiger partial charge in [0.25, 0.3) is 0 Å². The molecule has 1 aromatic heterocycles. The van der Waals surface area contributed by atoms with Gasteiger partial charge in [0.05, 0.1) is 30.5 Å². The largest absolute Gasteiger partial charge is 0.493 e. The lowest BCUT2D eigenvalue weighted by Crippen LogP contribution is -2.44. The van der Waals surface area contributed by atoms with Gasteiger partial charge in [-0.1, -0.05) is 12.1 Å². The average Bonchev–Trinajstić information content (AvgIpc) is 2.83. The quantitative estimate of drug-likeness (QED) is 0.543. The van der Waals surface area contributed by atoms with Crippen LogP contribution in [0.5, 0.6) is 11.5 Å². The highest BCUT2D eigenvalue weighted by atomic mass is 16.5. The van der Waals surface area contributed by atoms with Crippen molar-refractivity contribution in [3.8, 4) is 17.6 Å². The number of rotatable bonds is 8. The van der Waals surface area contributed by atoms with Gasteiger partial charge in [-0.15, -0.1) is 0 Å². The second-order valence-electron chi connectivity index (χ2n) is 7.87. The van der Waals surface area contributed by atoms with Crippen LogP contribution in [0.4, 0.5) is 11.5 Å². The predicted molar refractivity (Wildman–Crippen MR) is 125 cm³/mol. The molecule has 0 unspecified atom stereocenters. The minimum atomic E-state index is 0.548. The molecule has 0 saturated carbocycles. The number of nitrogens with zero attached hydrogens (tertiary/aromatic N) is 5. The molecule has 166 valence electrons. The lowest BCUT2D eigenvalue weighted by Gasteiger charge is -2.32. The summed E-state index contributed by atoms with van der Waals surface area (Å²) in [5, 5.41) is 13.4. The number of anilines is 2. The summed E-state index contributed by atoms with van der Waals surface area (Å²) >= 11 is 0. The summed E-state index contributed by atoms with van der Waals surface area (Å²) < 4.78 is 11.6. The number of para-hydroxylation sites is 1. The van der Waals surface area contributed by atoms with E-state index in [2.05, 4.69) is 38.2 Å². The summed E-state index contributed by atoms with van der Waals surface area (Å²) in [6.07, 6.45) is 2.45. The number of nitriles is 1. The van der Waals surface area contributed by atoms with Gasteiger partial charge >= 0.3 is 0 Å². The average molecular weight is 433 g/mol. The van der Waals surface area contributed by atoms with Gasteiger partial charge in [0.1, 0.15) is 18.2 Å². The van der Waals surface area contributed by atoms with E-state index in [4.69, 9.17) is 9.47 Å². The van der Waals surface area contributed by atoms with Crippen LogP contribution >= 0.6 is 0 Å². The van der Waals surface area contributed by atoms with Crippen molar-refractivity contribution >= 4 is 22.4 Å². The predicted octanol–water partition coefficient (Wildman–Crippen LogP) is 3.27. The molecule has 8 heteroatoms. The van der Waals surface area contributed by atoms with Crippen LogP contribution in [0.2, 0.25) is 0 Å². The fraction of sp³-hybridized carbons (Fsp3) is 0.375. The number of likely N-dealkylation sites (N-methyl/N-ethyl adjacent to an activating group) is 1. The van der Waals surface area contributed by atoms with Gasteiger partial charge in [-0.2, -0.15) is 5.26 Å². The molecule has 4 rings (SSSR count). The maximum atomic E-state index is 9.36. The molecule has 32 heavy (non-hydrogen) atoms. The van der Waals surface area contributed by atoms with E-state index in [1.165, 1.54) is 6.33 Å². The molecule has 1 aliphatic heterocycles. The van der Waals surface area contributed by atoms with Gasteiger partial charge in [-0.25, -0.2) is 9.97 Å². The number of aromatic nitrogens is 2. The minimum Gasteiger partial charge on any atom is -0.493 e. The number of hydrogen-bond donors (Lipinski definition) is 1. The van der Waals surface area contributed by atoms with E-state index in [-0.39, 0.29) is 0 Å². The molecule has 0 radical (unpaired) electrons. The zero-order valence-corrected chi connectivity index (χ0v) is 18.5. The first-order chi connectivity index (χ1) is 15.7. The lowest BCUT2D eigenvalue weighted by atomic mass is 10.1. The summed E-state index contributed by atoms with van der Waals surface area (Å²) in [7, 11) is 3.79. The summed E-state index contributed by atoms with van der Waals surface area (Å²) in [4.78, 5) is 13.6. The van der Waals surface area contributed by atoms with Crippen molar-refractivity contribution in [2.45, 2.75) is 6.42 Å². The lowest BCUT2D eigenvalue weighted by molar-refractivity contribution is 0.145. The van der Waals surface area contributed by atoms with E-state index in [0.29, 0.717) is 35.2 Å². The van der Waals surface area contributed by atoms with Crippen molar-refractivity contribution in [2.75, 3.05) is 58.8 Å². The molecule has 1 aliphatic rings. The number of hydrogen-bond acceptors (Lipinski definition) is 8. The molecular weight excluding hydrogens is 404 g/mol. The summed E-state index contributed by atoms with van der Waals surface area (Å²) in [5.74, 6) is 1.90. The first-order valence-electron chi connectivity index (χ1n) is 10.8. The first kappa shape index (κ1) is 21.8. The van der Waals surface area contributed by atoms with Crippen molar-refractivity contribution < 1.29 is 9.47 Å². The molecule has 2 heterocycles. The van der Waals surface area contributed by atoms with E-state index >= 15 is 0 Å². The van der Waals surface area contributed by atoms with Crippen LogP contribution in [0.15, 0.2) is 42.7 Å². The second kappa shape index (κ2) is 10.3. The standard InChI is InChI=1S/C24H28N6O2/c1-29-9-11-30(12-10-29)8-5-13-32-23-15-21-19(14-22(23)31-2)24(27-17-26-21)28-20-7-4-3-6-18(20)16-25/h3-4,6-7,14-15,17H,5,8-13H2,1-2H3,(H,26,27,28). The molecule has 0 amide bonds. The topological polar surface area (TPSA) is 86.5 Å². The van der Waals surface area contributed by atoms with Gasteiger partial charge in [0, 0.05) is 44.2 Å². The third-order valence-electron chi connectivity index (χ3n) is 5.69. The van der Waals surface area contributed by atoms with Crippen LogP contribution in [0, 0.1) is 11.3 Å². The molecule has 0 bridgehead atoms. The fourth-order valence-corrected chi connectivity index (χ4v) is 3.79. The number of fused-ring (bicyclic) bond motifs is 1. The van der Waals surface area contributed by atoms with Crippen LogP contribution < -0.4 is 14.8 Å². The van der Waals surface area contributed by atoms with Crippen molar-refractivity contribution in [2.24, 2.45) is 0 Å². The minimum absolute atomic E-state index is 0.548. The Labute approximate surface area is 188 Å². The Bertz CT molecular complexity index is 1110. The highest BCUT2D eigenvalue weighted by molar-refractivity contribution is 5.93. The molecule has 2 aromatic carbocycles. The maximum absolute atomic E-state index is 9.36. The zero-order chi connectivity index (χ0) is 22.3. The summed E-state index contributed by atoms with van der Waals surface area (Å²) in [6.45, 7) is 6.09. The summed E-state index contributed by atoms with van der Waals surface area (Å²) in [6, 6.07) is 13.3. The summed E-state index contributed by atoms with van der Waals surface area (Å²) in [5.41, 5.74) is 1.98. The first-order valence-corrected chi connectivity index (χ1v) is 10.8. The van der Waals surface area contributed by atoms with Crippen LogP contribution in [-0.4, -0.2) is 73.3 Å². The number of ether oxygens (including phenoxy) is 2. The van der Waals surface area contributed by atoms with Gasteiger partial charge in [0.2, 0.25) is 0 Å². The molecular formula is C24H28N6O2. The zero-order valence-electron chi connectivity index (χ0n) is 18.5. The van der Waals surface area contributed by atoms with E-state index in [1.54, 1.807) is 13.2 Å². The van der Waals surface area contributed by atoms with Gasteiger partial charge in [-0.3, -0.25) is 0 Å². The third kappa shape index (κ3) is 5.07. The second-order valence-corrected chi connectivity index (χ2v) is 7.87. The third-order valence-corrected chi connectivity index (χ3v) is 5.69. The molecule has 1 N–H and O–H groups in total. The van der Waals surface area contributed by atoms with Crippen molar-refractivity contribution in [1.29, 1.82) is 5.26 Å². The van der Waals surface area contributed by atoms with E-state index in [1.807, 2.05) is 30.3 Å². The Morgan fingerprint density at radius 3 is 2.69 bits per heavy atom. The number of piperazine rings is 1. The number of benzene rings is 2. The SMILES string of the molecule is COc1cc2c(Nc3ccccc3C#N)ncnc2cc1OCCCN1CCN(C)CC1. The number of nitrogens with one attached hydrogen (secondary N) is 1. The normalized spacial score (nSPS) is 14.8. The number of methoxy groups -OCH3 is 1. The Hall–Kier alpha value is -3.41.